The van der Waals surface area contributed by atoms with Gasteiger partial charge in [-0.25, -0.2) is 0 Å². The molecule has 6 heteroatoms. The second kappa shape index (κ2) is 7.06. The van der Waals surface area contributed by atoms with Gasteiger partial charge in [-0.1, -0.05) is 35.3 Å². The number of aryl methyl sites for hydroxylation is 1. The van der Waals surface area contributed by atoms with E-state index in [4.69, 9.17) is 23.2 Å². The Morgan fingerprint density at radius 3 is 2.72 bits per heavy atom. The van der Waals surface area contributed by atoms with E-state index in [0.717, 1.165) is 16.8 Å². The minimum atomic E-state index is -0.428. The number of anilines is 2. The number of nitrogens with zero attached hydrogens (tertiary/aromatic N) is 1. The first-order valence-corrected chi connectivity index (χ1v) is 8.75. The highest BCUT2D eigenvalue weighted by Crippen LogP contribution is 2.34. The molecule has 0 aliphatic carbocycles. The standard InChI is InChI=1S/C19H18Cl2N2O2/c1-11-4-3-5-16(12(11)2)22-19(25)13-8-18(24)23(10-13)17-9-14(20)6-7-15(17)21/h3-7,9,13H,8,10H2,1-2H3,(H,22,25). The average Bonchev–Trinajstić information content (AvgIpc) is 2.96. The Kier molecular flexibility index (Phi) is 5.02. The molecule has 2 aromatic carbocycles. The van der Waals surface area contributed by atoms with Gasteiger partial charge >= 0.3 is 0 Å². The maximum atomic E-state index is 12.6. The van der Waals surface area contributed by atoms with Crippen LogP contribution in [0.2, 0.25) is 10.0 Å². The Labute approximate surface area is 156 Å². The van der Waals surface area contributed by atoms with E-state index in [9.17, 15) is 9.59 Å². The highest BCUT2D eigenvalue weighted by Gasteiger charge is 2.36. The van der Waals surface area contributed by atoms with Crippen LogP contribution in [-0.4, -0.2) is 18.4 Å². The molecular formula is C19H18Cl2N2O2. The molecule has 1 fully saturated rings. The van der Waals surface area contributed by atoms with Crippen LogP contribution in [0.25, 0.3) is 0 Å². The van der Waals surface area contributed by atoms with Crippen LogP contribution in [0, 0.1) is 19.8 Å². The lowest BCUT2D eigenvalue weighted by atomic mass is 10.1. The molecule has 25 heavy (non-hydrogen) atoms. The van der Waals surface area contributed by atoms with Crippen LogP contribution < -0.4 is 10.2 Å². The van der Waals surface area contributed by atoms with Gasteiger partial charge in [-0.3, -0.25) is 9.59 Å². The zero-order valence-electron chi connectivity index (χ0n) is 14.0. The smallest absolute Gasteiger partial charge is 0.229 e. The molecule has 2 aromatic rings. The van der Waals surface area contributed by atoms with Gasteiger partial charge in [0, 0.05) is 23.7 Å². The number of carbonyl (C=O) groups is 2. The van der Waals surface area contributed by atoms with Crippen molar-refractivity contribution in [2.45, 2.75) is 20.3 Å². The molecular weight excluding hydrogens is 359 g/mol. The Morgan fingerprint density at radius 2 is 1.96 bits per heavy atom. The van der Waals surface area contributed by atoms with Gasteiger partial charge in [0.05, 0.1) is 16.6 Å². The SMILES string of the molecule is Cc1cccc(NC(=O)C2CC(=O)N(c3cc(Cl)ccc3Cl)C2)c1C. The summed E-state index contributed by atoms with van der Waals surface area (Å²) in [7, 11) is 0. The molecule has 0 spiro atoms. The van der Waals surface area contributed by atoms with Crippen molar-refractivity contribution in [1.29, 1.82) is 0 Å². The van der Waals surface area contributed by atoms with Gasteiger partial charge in [0.1, 0.15) is 0 Å². The molecule has 4 nitrogen and oxygen atoms in total. The van der Waals surface area contributed by atoms with Gasteiger partial charge in [0.25, 0.3) is 0 Å². The maximum Gasteiger partial charge on any atom is 0.229 e. The molecule has 3 rings (SSSR count). The van der Waals surface area contributed by atoms with Crippen molar-refractivity contribution in [2.75, 3.05) is 16.8 Å². The summed E-state index contributed by atoms with van der Waals surface area (Å²) in [5, 5.41) is 3.87. The molecule has 1 saturated heterocycles. The minimum Gasteiger partial charge on any atom is -0.326 e. The van der Waals surface area contributed by atoms with E-state index in [-0.39, 0.29) is 24.8 Å². The number of rotatable bonds is 3. The van der Waals surface area contributed by atoms with Crippen LogP contribution in [-0.2, 0) is 9.59 Å². The Hall–Kier alpha value is -2.04. The van der Waals surface area contributed by atoms with Crippen molar-refractivity contribution < 1.29 is 9.59 Å². The van der Waals surface area contributed by atoms with Crippen LogP contribution in [0.15, 0.2) is 36.4 Å². The van der Waals surface area contributed by atoms with Crippen molar-refractivity contribution in [1.82, 2.24) is 0 Å². The number of benzene rings is 2. The third-order valence-electron chi connectivity index (χ3n) is 4.56. The molecule has 0 aromatic heterocycles. The molecule has 1 N–H and O–H groups in total. The fourth-order valence-corrected chi connectivity index (χ4v) is 3.32. The van der Waals surface area contributed by atoms with E-state index >= 15 is 0 Å². The molecule has 130 valence electrons. The van der Waals surface area contributed by atoms with Crippen LogP contribution in [0.4, 0.5) is 11.4 Å². The number of halogens is 2. The summed E-state index contributed by atoms with van der Waals surface area (Å²) in [5.74, 6) is -0.726. The quantitative estimate of drug-likeness (QED) is 0.850. The third-order valence-corrected chi connectivity index (χ3v) is 5.11. The zero-order valence-corrected chi connectivity index (χ0v) is 15.5. The Morgan fingerprint density at radius 1 is 1.20 bits per heavy atom. The minimum absolute atomic E-state index is 0.134. The first-order chi connectivity index (χ1) is 11.9. The fraction of sp³-hybridized carbons (Fsp3) is 0.263. The highest BCUT2D eigenvalue weighted by atomic mass is 35.5. The van der Waals surface area contributed by atoms with Crippen molar-refractivity contribution >= 4 is 46.4 Å². The van der Waals surface area contributed by atoms with E-state index in [0.29, 0.717) is 15.7 Å². The average molecular weight is 377 g/mol. The summed E-state index contributed by atoms with van der Waals surface area (Å²) < 4.78 is 0. The molecule has 2 amide bonds. The number of amides is 2. The summed E-state index contributed by atoms with van der Waals surface area (Å²) in [5.41, 5.74) is 3.44. The first kappa shape index (κ1) is 17.8. The number of hydrogen-bond acceptors (Lipinski definition) is 2. The lowest BCUT2D eigenvalue weighted by Gasteiger charge is -2.18. The summed E-state index contributed by atoms with van der Waals surface area (Å²) >= 11 is 12.2. The van der Waals surface area contributed by atoms with Gasteiger partial charge < -0.3 is 10.2 Å². The number of nitrogens with one attached hydrogen (secondary N) is 1. The van der Waals surface area contributed by atoms with Gasteiger partial charge in [-0.15, -0.1) is 0 Å². The lowest BCUT2D eigenvalue weighted by molar-refractivity contribution is -0.122. The Balaban J connectivity index is 1.77. The van der Waals surface area contributed by atoms with Gasteiger partial charge in [-0.2, -0.15) is 0 Å². The van der Waals surface area contributed by atoms with Crippen molar-refractivity contribution in [2.24, 2.45) is 5.92 Å². The molecule has 1 aliphatic rings. The van der Waals surface area contributed by atoms with Crippen molar-refractivity contribution in [3.8, 4) is 0 Å². The lowest BCUT2D eigenvalue weighted by Crippen LogP contribution is -2.28. The van der Waals surface area contributed by atoms with Crippen LogP contribution in [0.1, 0.15) is 17.5 Å². The summed E-state index contributed by atoms with van der Waals surface area (Å²) in [6.07, 6.45) is 0.152. The van der Waals surface area contributed by atoms with E-state index < -0.39 is 5.92 Å². The first-order valence-electron chi connectivity index (χ1n) is 7.99. The van der Waals surface area contributed by atoms with E-state index in [1.165, 1.54) is 4.90 Å². The highest BCUT2D eigenvalue weighted by molar-refractivity contribution is 6.36. The van der Waals surface area contributed by atoms with Crippen LogP contribution in [0.5, 0.6) is 0 Å². The largest absolute Gasteiger partial charge is 0.326 e. The zero-order chi connectivity index (χ0) is 18.1. The Bertz CT molecular complexity index is 851. The summed E-state index contributed by atoms with van der Waals surface area (Å²) in [6.45, 7) is 4.24. The fourth-order valence-electron chi connectivity index (χ4n) is 2.93. The van der Waals surface area contributed by atoms with Gasteiger partial charge in [0.2, 0.25) is 11.8 Å². The monoisotopic (exact) mass is 376 g/mol. The molecule has 0 saturated carbocycles. The van der Waals surface area contributed by atoms with Gasteiger partial charge in [-0.05, 0) is 49.2 Å². The van der Waals surface area contributed by atoms with E-state index in [2.05, 4.69) is 5.32 Å². The van der Waals surface area contributed by atoms with Crippen molar-refractivity contribution in [3.05, 3.63) is 57.6 Å². The van der Waals surface area contributed by atoms with Gasteiger partial charge in [0.15, 0.2) is 0 Å². The molecule has 1 unspecified atom stereocenters. The molecule has 0 bridgehead atoms. The second-order valence-electron chi connectivity index (χ2n) is 6.24. The molecule has 1 aliphatic heterocycles. The molecule has 0 radical (unpaired) electrons. The number of carbonyl (C=O) groups excluding carboxylic acids is 2. The molecule has 1 atom stereocenters. The predicted molar refractivity (Wildman–Crippen MR) is 101 cm³/mol. The summed E-state index contributed by atoms with van der Waals surface area (Å²) in [6, 6.07) is 10.7. The molecule has 1 heterocycles. The number of hydrogen-bond donors (Lipinski definition) is 1. The van der Waals surface area contributed by atoms with Crippen LogP contribution in [0.3, 0.4) is 0 Å². The topological polar surface area (TPSA) is 49.4 Å². The van der Waals surface area contributed by atoms with E-state index in [1.54, 1.807) is 18.2 Å². The van der Waals surface area contributed by atoms with Crippen LogP contribution >= 0.6 is 23.2 Å². The second-order valence-corrected chi connectivity index (χ2v) is 7.08. The van der Waals surface area contributed by atoms with Crippen molar-refractivity contribution in [3.63, 3.8) is 0 Å². The maximum absolute atomic E-state index is 12.6. The summed E-state index contributed by atoms with van der Waals surface area (Å²) in [4.78, 5) is 26.5. The normalized spacial score (nSPS) is 17.0. The third kappa shape index (κ3) is 3.65. The predicted octanol–water partition coefficient (Wildman–Crippen LogP) is 4.60. The van der Waals surface area contributed by atoms with E-state index in [1.807, 2.05) is 32.0 Å².